The van der Waals surface area contributed by atoms with Crippen LogP contribution in [0.5, 0.6) is 5.75 Å². The number of amides is 2. The number of aromatic nitrogens is 2. The molecule has 2 amide bonds. The third-order valence-corrected chi connectivity index (χ3v) is 5.14. The monoisotopic (exact) mass is 502 g/mol. The van der Waals surface area contributed by atoms with Crippen LogP contribution in [0.1, 0.15) is 31.9 Å². The van der Waals surface area contributed by atoms with Gasteiger partial charge in [0, 0.05) is 27.7 Å². The Morgan fingerprint density at radius 3 is 2.76 bits per heavy atom. The molecule has 0 aliphatic carbocycles. The number of hydrogen-bond acceptors (Lipinski definition) is 4. The second kappa shape index (κ2) is 7.18. The van der Waals surface area contributed by atoms with Gasteiger partial charge in [-0.1, -0.05) is 6.07 Å². The predicted molar refractivity (Wildman–Crippen MR) is 121 cm³/mol. The minimum absolute atomic E-state index is 0.199. The molecule has 2 heterocycles. The SMILES string of the molecule is CC(C)(C)NC(=O)Oc1ccc2c(c1)C(=Cc1ccc3c(I)n[nH]c3c1)C(=O)N2. The standard InChI is InChI=1S/C21H19IN4O3/c1-21(2,3)24-20(28)29-12-5-7-16-14(10-12)15(19(27)23-16)8-11-4-6-13-17(9-11)25-26-18(13)22/h4-10H,1-3H3,(H,23,27)(H,24,28)(H,25,26). The quantitative estimate of drug-likeness (QED) is 0.354. The molecule has 0 atom stereocenters. The normalized spacial score (nSPS) is 14.8. The maximum atomic E-state index is 12.5. The third-order valence-electron chi connectivity index (χ3n) is 4.31. The lowest BCUT2D eigenvalue weighted by molar-refractivity contribution is -0.110. The van der Waals surface area contributed by atoms with Gasteiger partial charge in [0.1, 0.15) is 9.45 Å². The van der Waals surface area contributed by atoms with Crippen molar-refractivity contribution in [3.63, 3.8) is 0 Å². The molecule has 1 aliphatic heterocycles. The summed E-state index contributed by atoms with van der Waals surface area (Å²) in [5.74, 6) is 0.169. The molecule has 1 aliphatic rings. The van der Waals surface area contributed by atoms with E-state index in [1.807, 2.05) is 45.0 Å². The van der Waals surface area contributed by atoms with Gasteiger partial charge >= 0.3 is 6.09 Å². The number of H-pyrrole nitrogens is 1. The number of aromatic amines is 1. The molecule has 148 valence electrons. The average Bonchev–Trinajstić information content (AvgIpc) is 3.14. The van der Waals surface area contributed by atoms with Crippen LogP contribution in [0.3, 0.4) is 0 Å². The van der Waals surface area contributed by atoms with Crippen molar-refractivity contribution in [3.8, 4) is 5.75 Å². The molecular weight excluding hydrogens is 483 g/mol. The number of nitrogens with zero attached hydrogens (tertiary/aromatic N) is 1. The van der Waals surface area contributed by atoms with Gasteiger partial charge in [-0.15, -0.1) is 0 Å². The number of ether oxygens (including phenoxy) is 1. The van der Waals surface area contributed by atoms with Crippen molar-refractivity contribution in [1.82, 2.24) is 15.5 Å². The molecule has 1 aromatic heterocycles. The van der Waals surface area contributed by atoms with Crippen molar-refractivity contribution < 1.29 is 14.3 Å². The number of nitrogens with one attached hydrogen (secondary N) is 3. The van der Waals surface area contributed by atoms with Crippen LogP contribution in [0.2, 0.25) is 0 Å². The number of halogens is 1. The second-order valence-electron chi connectivity index (χ2n) is 7.80. The van der Waals surface area contributed by atoms with Crippen LogP contribution in [-0.2, 0) is 4.79 Å². The Morgan fingerprint density at radius 2 is 2.00 bits per heavy atom. The van der Waals surface area contributed by atoms with Gasteiger partial charge in [-0.25, -0.2) is 4.79 Å². The molecule has 29 heavy (non-hydrogen) atoms. The van der Waals surface area contributed by atoms with E-state index >= 15 is 0 Å². The number of rotatable bonds is 2. The molecule has 3 N–H and O–H groups in total. The summed E-state index contributed by atoms with van der Waals surface area (Å²) in [6.45, 7) is 5.62. The van der Waals surface area contributed by atoms with Crippen molar-refractivity contribution in [2.75, 3.05) is 5.32 Å². The second-order valence-corrected chi connectivity index (χ2v) is 8.83. The molecule has 0 radical (unpaired) electrons. The summed E-state index contributed by atoms with van der Waals surface area (Å²) >= 11 is 2.17. The Bertz CT molecular complexity index is 1170. The molecule has 0 saturated carbocycles. The van der Waals surface area contributed by atoms with Gasteiger partial charge in [0.15, 0.2) is 0 Å². The molecular formula is C21H19IN4O3. The first-order chi connectivity index (χ1) is 13.7. The van der Waals surface area contributed by atoms with Gasteiger partial charge in [0.25, 0.3) is 5.91 Å². The zero-order valence-electron chi connectivity index (χ0n) is 16.1. The highest BCUT2D eigenvalue weighted by Crippen LogP contribution is 2.36. The zero-order valence-corrected chi connectivity index (χ0v) is 18.2. The van der Waals surface area contributed by atoms with Crippen LogP contribution in [0.25, 0.3) is 22.6 Å². The van der Waals surface area contributed by atoms with Crippen LogP contribution < -0.4 is 15.4 Å². The fourth-order valence-electron chi connectivity index (χ4n) is 3.07. The predicted octanol–water partition coefficient (Wildman–Crippen LogP) is 4.55. The molecule has 3 aromatic rings. The minimum Gasteiger partial charge on any atom is -0.410 e. The largest absolute Gasteiger partial charge is 0.413 e. The average molecular weight is 502 g/mol. The van der Waals surface area contributed by atoms with Crippen LogP contribution in [-0.4, -0.2) is 27.7 Å². The molecule has 0 bridgehead atoms. The maximum absolute atomic E-state index is 12.5. The Balaban J connectivity index is 1.65. The van der Waals surface area contributed by atoms with Crippen LogP contribution in [0.4, 0.5) is 10.5 Å². The van der Waals surface area contributed by atoms with Crippen molar-refractivity contribution in [1.29, 1.82) is 0 Å². The molecule has 4 rings (SSSR count). The molecule has 7 nitrogen and oxygen atoms in total. The van der Waals surface area contributed by atoms with Crippen molar-refractivity contribution >= 4 is 62.8 Å². The Labute approximate surface area is 181 Å². The summed E-state index contributed by atoms with van der Waals surface area (Å²) in [5, 5.41) is 13.8. The topological polar surface area (TPSA) is 96.1 Å². The van der Waals surface area contributed by atoms with E-state index in [2.05, 4.69) is 43.4 Å². The number of hydrogen-bond donors (Lipinski definition) is 3. The summed E-state index contributed by atoms with van der Waals surface area (Å²) in [6, 6.07) is 10.9. The zero-order chi connectivity index (χ0) is 20.8. The van der Waals surface area contributed by atoms with E-state index in [0.717, 1.165) is 20.2 Å². The van der Waals surface area contributed by atoms with Gasteiger partial charge in [-0.3, -0.25) is 9.89 Å². The Hall–Kier alpha value is -2.88. The van der Waals surface area contributed by atoms with E-state index in [4.69, 9.17) is 4.74 Å². The summed E-state index contributed by atoms with van der Waals surface area (Å²) < 4.78 is 6.28. The van der Waals surface area contributed by atoms with E-state index in [1.165, 1.54) is 0 Å². The molecule has 0 unspecified atom stereocenters. The van der Waals surface area contributed by atoms with Gasteiger partial charge in [-0.05, 0) is 85.3 Å². The fraction of sp³-hybridized carbons (Fsp3) is 0.190. The van der Waals surface area contributed by atoms with Gasteiger partial charge < -0.3 is 15.4 Å². The molecule has 0 spiro atoms. The van der Waals surface area contributed by atoms with Crippen molar-refractivity contribution in [3.05, 3.63) is 51.2 Å². The minimum atomic E-state index is -0.542. The number of carbonyl (C=O) groups is 2. The lowest BCUT2D eigenvalue weighted by Crippen LogP contribution is -2.42. The van der Waals surface area contributed by atoms with E-state index in [-0.39, 0.29) is 5.91 Å². The number of fused-ring (bicyclic) bond motifs is 2. The summed E-state index contributed by atoms with van der Waals surface area (Å²) in [7, 11) is 0. The highest BCUT2D eigenvalue weighted by Gasteiger charge is 2.25. The van der Waals surface area contributed by atoms with Crippen molar-refractivity contribution in [2.24, 2.45) is 0 Å². The highest BCUT2D eigenvalue weighted by molar-refractivity contribution is 14.1. The fourth-order valence-corrected chi connectivity index (χ4v) is 3.66. The molecule has 0 saturated heterocycles. The Kier molecular flexibility index (Phi) is 4.81. The summed E-state index contributed by atoms with van der Waals surface area (Å²) in [6.07, 6.45) is 1.27. The van der Waals surface area contributed by atoms with E-state index in [1.54, 1.807) is 18.2 Å². The van der Waals surface area contributed by atoms with Crippen molar-refractivity contribution in [2.45, 2.75) is 26.3 Å². The first-order valence-corrected chi connectivity index (χ1v) is 10.1. The van der Waals surface area contributed by atoms with Crippen LogP contribution in [0, 0.1) is 3.70 Å². The Morgan fingerprint density at radius 1 is 1.21 bits per heavy atom. The first kappa shape index (κ1) is 19.4. The van der Waals surface area contributed by atoms with E-state index in [0.29, 0.717) is 22.6 Å². The number of carbonyl (C=O) groups excluding carboxylic acids is 2. The van der Waals surface area contributed by atoms with Gasteiger partial charge in [0.2, 0.25) is 0 Å². The van der Waals surface area contributed by atoms with Gasteiger partial charge in [-0.2, -0.15) is 5.10 Å². The highest BCUT2D eigenvalue weighted by atomic mass is 127. The van der Waals surface area contributed by atoms with E-state index in [9.17, 15) is 9.59 Å². The van der Waals surface area contributed by atoms with Crippen LogP contribution >= 0.6 is 22.6 Å². The number of anilines is 1. The molecule has 8 heteroatoms. The lowest BCUT2D eigenvalue weighted by Gasteiger charge is -2.19. The van der Waals surface area contributed by atoms with Crippen LogP contribution in [0.15, 0.2) is 36.4 Å². The number of benzene rings is 2. The third kappa shape index (κ3) is 4.12. The molecule has 2 aromatic carbocycles. The van der Waals surface area contributed by atoms with E-state index < -0.39 is 11.6 Å². The smallest absolute Gasteiger partial charge is 0.410 e. The van der Waals surface area contributed by atoms with Gasteiger partial charge in [0.05, 0.1) is 5.52 Å². The summed E-state index contributed by atoms with van der Waals surface area (Å²) in [4.78, 5) is 24.6. The summed E-state index contributed by atoms with van der Waals surface area (Å²) in [5.41, 5.74) is 3.25. The lowest BCUT2D eigenvalue weighted by atomic mass is 10.0. The molecule has 0 fully saturated rings. The maximum Gasteiger partial charge on any atom is 0.413 e. The first-order valence-electron chi connectivity index (χ1n) is 9.01.